The summed E-state index contributed by atoms with van der Waals surface area (Å²) in [5.41, 5.74) is 2.49. The van der Waals surface area contributed by atoms with Crippen LogP contribution in [-0.4, -0.2) is 34.0 Å². The molecule has 6 nitrogen and oxygen atoms in total. The Morgan fingerprint density at radius 3 is 2.41 bits per heavy atom. The predicted octanol–water partition coefficient (Wildman–Crippen LogP) is 2.96. The highest BCUT2D eigenvalue weighted by Crippen LogP contribution is 2.14. The number of hydrogen-bond acceptors (Lipinski definition) is 4. The van der Waals surface area contributed by atoms with E-state index in [1.165, 1.54) is 22.5 Å². The number of nitrogens with one attached hydrogen (secondary N) is 3. The number of halogens is 1. The maximum absolute atomic E-state index is 12.1. The van der Waals surface area contributed by atoms with Crippen molar-refractivity contribution in [2.75, 3.05) is 19.6 Å². The van der Waals surface area contributed by atoms with E-state index in [4.69, 9.17) is 0 Å². The number of thiophene rings is 1. The highest BCUT2D eigenvalue weighted by Gasteiger charge is 2.13. The molecular weight excluding hydrogens is 495 g/mol. The number of benzene rings is 1. The molecule has 0 fully saturated rings. The molecule has 0 saturated carbocycles. The number of aliphatic imine (C=N–C) groups is 1. The number of aryl methyl sites for hydroxylation is 1. The van der Waals surface area contributed by atoms with Gasteiger partial charge in [-0.15, -0.1) is 35.3 Å². The van der Waals surface area contributed by atoms with Crippen LogP contribution in [0, 0.1) is 0 Å². The van der Waals surface area contributed by atoms with Crippen LogP contribution in [0.3, 0.4) is 0 Å². The van der Waals surface area contributed by atoms with E-state index in [0.717, 1.165) is 13.0 Å². The standard InChI is InChI=1S/C18H26N4O2S2.HI/c1-3-15-8-5-6-9-16(15)14-21-18(19-4-2)20-11-12-22-26(23,24)17-10-7-13-25-17;/h5-10,13,22H,3-4,11-12,14H2,1-2H3,(H2,19,20,21);1H. The summed E-state index contributed by atoms with van der Waals surface area (Å²) in [7, 11) is -3.42. The van der Waals surface area contributed by atoms with E-state index < -0.39 is 10.0 Å². The minimum Gasteiger partial charge on any atom is -0.357 e. The molecule has 0 aliphatic rings. The van der Waals surface area contributed by atoms with Crippen molar-refractivity contribution in [3.63, 3.8) is 0 Å². The van der Waals surface area contributed by atoms with Gasteiger partial charge in [0.1, 0.15) is 4.21 Å². The lowest BCUT2D eigenvalue weighted by atomic mass is 10.1. The predicted molar refractivity (Wildman–Crippen MR) is 124 cm³/mol. The Kier molecular flexibility index (Phi) is 10.9. The van der Waals surface area contributed by atoms with Gasteiger partial charge in [-0.3, -0.25) is 0 Å². The van der Waals surface area contributed by atoms with Gasteiger partial charge in [-0.05, 0) is 35.9 Å². The van der Waals surface area contributed by atoms with Gasteiger partial charge in [0.05, 0.1) is 6.54 Å². The summed E-state index contributed by atoms with van der Waals surface area (Å²) in [6.07, 6.45) is 0.972. The monoisotopic (exact) mass is 522 g/mol. The lowest BCUT2D eigenvalue weighted by molar-refractivity contribution is 0.582. The minimum atomic E-state index is -3.42. The van der Waals surface area contributed by atoms with Gasteiger partial charge in [-0.25, -0.2) is 18.1 Å². The quantitative estimate of drug-likeness (QED) is 0.205. The molecule has 2 rings (SSSR count). The lowest BCUT2D eigenvalue weighted by Gasteiger charge is -2.12. The fraction of sp³-hybridized carbons (Fsp3) is 0.389. The van der Waals surface area contributed by atoms with Gasteiger partial charge in [0.2, 0.25) is 10.0 Å². The zero-order chi connectivity index (χ0) is 18.8. The zero-order valence-corrected chi connectivity index (χ0v) is 19.5. The fourth-order valence-corrected chi connectivity index (χ4v) is 4.49. The molecule has 0 aliphatic heterocycles. The lowest BCUT2D eigenvalue weighted by Crippen LogP contribution is -2.41. The van der Waals surface area contributed by atoms with Gasteiger partial charge in [0, 0.05) is 19.6 Å². The van der Waals surface area contributed by atoms with Gasteiger partial charge in [0.25, 0.3) is 0 Å². The Morgan fingerprint density at radius 2 is 1.78 bits per heavy atom. The molecule has 9 heteroatoms. The van der Waals surface area contributed by atoms with Crippen LogP contribution in [0.4, 0.5) is 0 Å². The van der Waals surface area contributed by atoms with Crippen molar-refractivity contribution in [2.24, 2.45) is 4.99 Å². The molecule has 0 aliphatic carbocycles. The average molecular weight is 522 g/mol. The van der Waals surface area contributed by atoms with Gasteiger partial charge in [0.15, 0.2) is 5.96 Å². The summed E-state index contributed by atoms with van der Waals surface area (Å²) in [5.74, 6) is 0.675. The highest BCUT2D eigenvalue weighted by molar-refractivity contribution is 14.0. The molecule has 0 radical (unpaired) electrons. The van der Waals surface area contributed by atoms with Gasteiger partial charge >= 0.3 is 0 Å². The number of nitrogens with zero attached hydrogens (tertiary/aromatic N) is 1. The Hall–Kier alpha value is -1.17. The van der Waals surface area contributed by atoms with E-state index in [1.807, 2.05) is 19.1 Å². The van der Waals surface area contributed by atoms with Crippen LogP contribution in [0.25, 0.3) is 0 Å². The third-order valence-electron chi connectivity index (χ3n) is 3.72. The van der Waals surface area contributed by atoms with E-state index in [0.29, 0.717) is 23.3 Å². The van der Waals surface area contributed by atoms with Crippen molar-refractivity contribution in [3.05, 3.63) is 52.9 Å². The fourth-order valence-electron chi connectivity index (χ4n) is 2.42. The second kappa shape index (κ2) is 12.3. The SMILES string of the molecule is CCNC(=NCc1ccccc1CC)NCCNS(=O)(=O)c1cccs1.I. The topological polar surface area (TPSA) is 82.6 Å². The molecule has 3 N–H and O–H groups in total. The largest absolute Gasteiger partial charge is 0.357 e. The zero-order valence-electron chi connectivity index (χ0n) is 15.6. The molecule has 27 heavy (non-hydrogen) atoms. The van der Waals surface area contributed by atoms with E-state index in [2.05, 4.69) is 39.4 Å². The molecule has 0 unspecified atom stereocenters. The summed E-state index contributed by atoms with van der Waals surface area (Å²) < 4.78 is 27.1. The molecule has 1 heterocycles. The summed E-state index contributed by atoms with van der Waals surface area (Å²) in [6.45, 7) is 6.19. The summed E-state index contributed by atoms with van der Waals surface area (Å²) >= 11 is 1.20. The molecule has 1 aromatic carbocycles. The third-order valence-corrected chi connectivity index (χ3v) is 6.58. The third kappa shape index (κ3) is 7.76. The first-order valence-corrected chi connectivity index (χ1v) is 11.0. The van der Waals surface area contributed by atoms with Gasteiger partial charge in [-0.1, -0.05) is 37.3 Å². The summed E-state index contributed by atoms with van der Waals surface area (Å²) in [4.78, 5) is 4.60. The van der Waals surface area contributed by atoms with Crippen LogP contribution in [0.5, 0.6) is 0 Å². The van der Waals surface area contributed by atoms with E-state index in [-0.39, 0.29) is 30.5 Å². The van der Waals surface area contributed by atoms with E-state index in [9.17, 15) is 8.42 Å². The molecule has 0 saturated heterocycles. The average Bonchev–Trinajstić information content (AvgIpc) is 3.19. The van der Waals surface area contributed by atoms with Gasteiger partial charge in [-0.2, -0.15) is 0 Å². The molecule has 1 aromatic heterocycles. The van der Waals surface area contributed by atoms with Crippen molar-refractivity contribution in [1.29, 1.82) is 0 Å². The van der Waals surface area contributed by atoms with Crippen molar-refractivity contribution in [2.45, 2.75) is 31.0 Å². The summed E-state index contributed by atoms with van der Waals surface area (Å²) in [5, 5.41) is 8.09. The molecule has 0 amide bonds. The van der Waals surface area contributed by atoms with Crippen LogP contribution in [-0.2, 0) is 23.0 Å². The number of sulfonamides is 1. The number of guanidine groups is 1. The van der Waals surface area contributed by atoms with Gasteiger partial charge < -0.3 is 10.6 Å². The molecular formula is C18H27IN4O2S2. The molecule has 0 atom stereocenters. The Labute approximate surface area is 182 Å². The normalized spacial score (nSPS) is 11.7. The van der Waals surface area contributed by atoms with E-state index >= 15 is 0 Å². The van der Waals surface area contributed by atoms with Crippen LogP contribution in [0.1, 0.15) is 25.0 Å². The smallest absolute Gasteiger partial charge is 0.250 e. The minimum absolute atomic E-state index is 0. The first-order valence-electron chi connectivity index (χ1n) is 8.69. The molecule has 0 spiro atoms. The Balaban J connectivity index is 0.00000364. The second-order valence-electron chi connectivity index (χ2n) is 5.57. The first-order chi connectivity index (χ1) is 12.6. The first kappa shape index (κ1) is 23.9. The molecule has 0 bridgehead atoms. The van der Waals surface area contributed by atoms with Crippen LogP contribution >= 0.6 is 35.3 Å². The number of hydrogen-bond donors (Lipinski definition) is 3. The van der Waals surface area contributed by atoms with Crippen molar-refractivity contribution < 1.29 is 8.42 Å². The van der Waals surface area contributed by atoms with Crippen LogP contribution in [0.15, 0.2) is 51.0 Å². The molecule has 150 valence electrons. The maximum atomic E-state index is 12.1. The Bertz CT molecular complexity index is 809. The van der Waals surface area contributed by atoms with Crippen molar-refractivity contribution in [1.82, 2.24) is 15.4 Å². The Morgan fingerprint density at radius 1 is 1.04 bits per heavy atom. The highest BCUT2D eigenvalue weighted by atomic mass is 127. The number of rotatable bonds is 9. The second-order valence-corrected chi connectivity index (χ2v) is 8.52. The maximum Gasteiger partial charge on any atom is 0.250 e. The van der Waals surface area contributed by atoms with Crippen LogP contribution in [0.2, 0.25) is 0 Å². The summed E-state index contributed by atoms with van der Waals surface area (Å²) in [6, 6.07) is 11.6. The van der Waals surface area contributed by atoms with E-state index in [1.54, 1.807) is 17.5 Å². The van der Waals surface area contributed by atoms with Crippen LogP contribution < -0.4 is 15.4 Å². The van der Waals surface area contributed by atoms with Crippen molar-refractivity contribution in [3.8, 4) is 0 Å². The molecule has 2 aromatic rings. The van der Waals surface area contributed by atoms with Crippen molar-refractivity contribution >= 4 is 51.3 Å².